The molecule has 2 N–H and O–H groups in total. The number of ether oxygens (including phenoxy) is 2. The molecule has 1 aliphatic heterocycles. The highest BCUT2D eigenvalue weighted by Gasteiger charge is 2.18. The molecular formula is C14H20FNO2. The fourth-order valence-corrected chi connectivity index (χ4v) is 2.33. The van der Waals surface area contributed by atoms with Gasteiger partial charge in [0.2, 0.25) is 0 Å². The Kier molecular flexibility index (Phi) is 4.55. The van der Waals surface area contributed by atoms with Crippen molar-refractivity contribution in [3.05, 3.63) is 29.6 Å². The van der Waals surface area contributed by atoms with Crippen molar-refractivity contribution in [2.24, 2.45) is 5.73 Å². The third-order valence-electron chi connectivity index (χ3n) is 3.43. The molecule has 0 bridgehead atoms. The standard InChI is InChI=1S/C14H20FNO2/c1-17-11-4-6-12(13(15)9-11)14(16)7-5-10-3-2-8-18-10/h4,6,9-10,14H,2-3,5,7-8,16H2,1H3. The van der Waals surface area contributed by atoms with Crippen molar-refractivity contribution in [3.63, 3.8) is 0 Å². The van der Waals surface area contributed by atoms with Crippen LogP contribution in [0.15, 0.2) is 18.2 Å². The van der Waals surface area contributed by atoms with Crippen LogP contribution >= 0.6 is 0 Å². The molecule has 0 aliphatic carbocycles. The van der Waals surface area contributed by atoms with Gasteiger partial charge in [-0.25, -0.2) is 4.39 Å². The van der Waals surface area contributed by atoms with Gasteiger partial charge in [0.15, 0.2) is 0 Å². The predicted octanol–water partition coefficient (Wildman–Crippen LogP) is 2.79. The number of benzene rings is 1. The molecule has 0 spiro atoms. The molecule has 1 aromatic rings. The molecule has 2 rings (SSSR count). The highest BCUT2D eigenvalue weighted by molar-refractivity contribution is 5.30. The lowest BCUT2D eigenvalue weighted by Crippen LogP contribution is -2.15. The summed E-state index contributed by atoms with van der Waals surface area (Å²) in [6.07, 6.45) is 4.16. The molecular weight excluding hydrogens is 233 g/mol. The lowest BCUT2D eigenvalue weighted by Gasteiger charge is -2.16. The summed E-state index contributed by atoms with van der Waals surface area (Å²) in [6, 6.07) is 4.54. The molecule has 2 unspecified atom stereocenters. The van der Waals surface area contributed by atoms with E-state index in [0.717, 1.165) is 32.3 Å². The molecule has 0 amide bonds. The summed E-state index contributed by atoms with van der Waals surface area (Å²) in [5.41, 5.74) is 6.58. The summed E-state index contributed by atoms with van der Waals surface area (Å²) in [7, 11) is 1.52. The molecule has 18 heavy (non-hydrogen) atoms. The van der Waals surface area contributed by atoms with Crippen LogP contribution in [-0.4, -0.2) is 19.8 Å². The van der Waals surface area contributed by atoms with Gasteiger partial charge < -0.3 is 15.2 Å². The Bertz CT molecular complexity index is 391. The Morgan fingerprint density at radius 3 is 3.00 bits per heavy atom. The second-order valence-corrected chi connectivity index (χ2v) is 4.71. The number of nitrogens with two attached hydrogens (primary N) is 1. The quantitative estimate of drug-likeness (QED) is 0.877. The van der Waals surface area contributed by atoms with Crippen molar-refractivity contribution >= 4 is 0 Å². The van der Waals surface area contributed by atoms with Gasteiger partial charge in [0.1, 0.15) is 11.6 Å². The van der Waals surface area contributed by atoms with E-state index in [4.69, 9.17) is 15.2 Å². The first-order valence-electron chi connectivity index (χ1n) is 6.41. The molecule has 4 heteroatoms. The van der Waals surface area contributed by atoms with Crippen LogP contribution in [0.3, 0.4) is 0 Å². The minimum absolute atomic E-state index is 0.278. The van der Waals surface area contributed by atoms with E-state index in [0.29, 0.717) is 17.4 Å². The van der Waals surface area contributed by atoms with Crippen molar-refractivity contribution in [2.45, 2.75) is 37.8 Å². The van der Waals surface area contributed by atoms with Gasteiger partial charge in [-0.2, -0.15) is 0 Å². The summed E-state index contributed by atoms with van der Waals surface area (Å²) in [6.45, 7) is 0.844. The van der Waals surface area contributed by atoms with Crippen LogP contribution in [-0.2, 0) is 4.74 Å². The maximum Gasteiger partial charge on any atom is 0.131 e. The molecule has 3 nitrogen and oxygen atoms in total. The zero-order valence-electron chi connectivity index (χ0n) is 10.7. The summed E-state index contributed by atoms with van der Waals surface area (Å²) in [5.74, 6) is 0.219. The first-order chi connectivity index (χ1) is 8.70. The van der Waals surface area contributed by atoms with Crippen LogP contribution in [0.5, 0.6) is 5.75 Å². The van der Waals surface area contributed by atoms with E-state index in [9.17, 15) is 4.39 Å². The Morgan fingerprint density at radius 2 is 2.39 bits per heavy atom. The van der Waals surface area contributed by atoms with Gasteiger partial charge in [0.25, 0.3) is 0 Å². The zero-order chi connectivity index (χ0) is 13.0. The lowest BCUT2D eigenvalue weighted by molar-refractivity contribution is 0.101. The molecule has 1 fully saturated rings. The van der Waals surface area contributed by atoms with E-state index in [-0.39, 0.29) is 11.9 Å². The Balaban J connectivity index is 1.93. The molecule has 1 saturated heterocycles. The summed E-state index contributed by atoms with van der Waals surface area (Å²) in [4.78, 5) is 0. The SMILES string of the molecule is COc1ccc(C(N)CCC2CCCO2)c(F)c1. The molecule has 1 heterocycles. The number of rotatable bonds is 5. The fraction of sp³-hybridized carbons (Fsp3) is 0.571. The lowest BCUT2D eigenvalue weighted by atomic mass is 9.99. The fourth-order valence-electron chi connectivity index (χ4n) is 2.33. The maximum absolute atomic E-state index is 13.8. The first-order valence-corrected chi connectivity index (χ1v) is 6.41. The average molecular weight is 253 g/mol. The maximum atomic E-state index is 13.8. The van der Waals surface area contributed by atoms with Crippen molar-refractivity contribution in [1.29, 1.82) is 0 Å². The van der Waals surface area contributed by atoms with Crippen LogP contribution in [0.2, 0.25) is 0 Å². The molecule has 0 saturated carbocycles. The zero-order valence-corrected chi connectivity index (χ0v) is 10.7. The van der Waals surface area contributed by atoms with Gasteiger partial charge in [0.05, 0.1) is 13.2 Å². The van der Waals surface area contributed by atoms with Crippen LogP contribution in [0.25, 0.3) is 0 Å². The van der Waals surface area contributed by atoms with E-state index in [1.165, 1.54) is 13.2 Å². The summed E-state index contributed by atoms with van der Waals surface area (Å²) >= 11 is 0. The molecule has 1 aromatic carbocycles. The average Bonchev–Trinajstić information content (AvgIpc) is 2.88. The molecule has 1 aliphatic rings. The third kappa shape index (κ3) is 3.21. The largest absolute Gasteiger partial charge is 0.497 e. The number of methoxy groups -OCH3 is 1. The van der Waals surface area contributed by atoms with Crippen LogP contribution < -0.4 is 10.5 Å². The minimum Gasteiger partial charge on any atom is -0.497 e. The molecule has 0 aromatic heterocycles. The van der Waals surface area contributed by atoms with Crippen LogP contribution in [0, 0.1) is 5.82 Å². The van der Waals surface area contributed by atoms with Gasteiger partial charge in [-0.05, 0) is 31.7 Å². The van der Waals surface area contributed by atoms with Crippen molar-refractivity contribution in [2.75, 3.05) is 13.7 Å². The molecule has 100 valence electrons. The van der Waals surface area contributed by atoms with Gasteiger partial charge in [-0.1, -0.05) is 6.07 Å². The van der Waals surface area contributed by atoms with Crippen molar-refractivity contribution < 1.29 is 13.9 Å². The van der Waals surface area contributed by atoms with Crippen LogP contribution in [0.4, 0.5) is 4.39 Å². The van der Waals surface area contributed by atoms with Gasteiger partial charge >= 0.3 is 0 Å². The summed E-state index contributed by atoms with van der Waals surface area (Å²) < 4.78 is 24.3. The van der Waals surface area contributed by atoms with Gasteiger partial charge in [0, 0.05) is 24.3 Å². The number of hydrogen-bond acceptors (Lipinski definition) is 3. The monoisotopic (exact) mass is 253 g/mol. The van der Waals surface area contributed by atoms with Crippen LogP contribution in [0.1, 0.15) is 37.3 Å². The molecule has 2 atom stereocenters. The minimum atomic E-state index is -0.297. The van der Waals surface area contributed by atoms with E-state index >= 15 is 0 Å². The topological polar surface area (TPSA) is 44.5 Å². The Morgan fingerprint density at radius 1 is 1.56 bits per heavy atom. The van der Waals surface area contributed by atoms with Crippen molar-refractivity contribution in [1.82, 2.24) is 0 Å². The highest BCUT2D eigenvalue weighted by atomic mass is 19.1. The van der Waals surface area contributed by atoms with Gasteiger partial charge in [-0.3, -0.25) is 0 Å². The highest BCUT2D eigenvalue weighted by Crippen LogP contribution is 2.26. The number of halogens is 1. The first kappa shape index (κ1) is 13.3. The van der Waals surface area contributed by atoms with E-state index < -0.39 is 0 Å². The molecule has 0 radical (unpaired) electrons. The number of hydrogen-bond donors (Lipinski definition) is 1. The Labute approximate surface area is 107 Å². The Hall–Kier alpha value is -1.13. The normalized spacial score (nSPS) is 20.9. The van der Waals surface area contributed by atoms with Gasteiger partial charge in [-0.15, -0.1) is 0 Å². The second kappa shape index (κ2) is 6.16. The van der Waals surface area contributed by atoms with E-state index in [1.54, 1.807) is 12.1 Å². The third-order valence-corrected chi connectivity index (χ3v) is 3.43. The van der Waals surface area contributed by atoms with Crippen molar-refractivity contribution in [3.8, 4) is 5.75 Å². The predicted molar refractivity (Wildman–Crippen MR) is 68.1 cm³/mol. The van der Waals surface area contributed by atoms with E-state index in [2.05, 4.69) is 0 Å². The smallest absolute Gasteiger partial charge is 0.131 e. The van der Waals surface area contributed by atoms with E-state index in [1.807, 2.05) is 0 Å². The summed E-state index contributed by atoms with van der Waals surface area (Å²) in [5, 5.41) is 0. The second-order valence-electron chi connectivity index (χ2n) is 4.71.